The van der Waals surface area contributed by atoms with Crippen molar-refractivity contribution < 1.29 is 14.3 Å². The molecule has 23 heavy (non-hydrogen) atoms. The Morgan fingerprint density at radius 1 is 1.30 bits per heavy atom. The summed E-state index contributed by atoms with van der Waals surface area (Å²) in [7, 11) is 0. The standard InChI is InChI=1S/C16H16BrNO4S/c1-10-9-23-16(21)18(10)8-7-14(19)22-11(2)15(20)12-3-5-13(17)6-4-12/h3-6,9,11H,7-8H2,1-2H3/t11-/m1/s1. The van der Waals surface area contributed by atoms with Crippen molar-refractivity contribution in [2.24, 2.45) is 0 Å². The fourth-order valence-electron chi connectivity index (χ4n) is 2.04. The average molecular weight is 398 g/mol. The van der Waals surface area contributed by atoms with Gasteiger partial charge in [-0.3, -0.25) is 14.4 Å². The van der Waals surface area contributed by atoms with Crippen molar-refractivity contribution in [2.45, 2.75) is 32.9 Å². The molecule has 122 valence electrons. The van der Waals surface area contributed by atoms with E-state index in [1.807, 2.05) is 6.92 Å². The lowest BCUT2D eigenvalue weighted by molar-refractivity contribution is -0.146. The molecule has 7 heteroatoms. The number of Topliss-reactive ketones (excluding diaryl/α,β-unsaturated/α-hetero) is 1. The second-order valence-electron chi connectivity index (χ2n) is 5.05. The molecule has 0 saturated carbocycles. The number of thiazole rings is 1. The molecule has 0 amide bonds. The molecule has 1 atom stereocenters. The molecule has 0 N–H and O–H groups in total. The van der Waals surface area contributed by atoms with Gasteiger partial charge in [-0.2, -0.15) is 0 Å². The molecule has 0 saturated heterocycles. The molecule has 0 aliphatic heterocycles. The Morgan fingerprint density at radius 2 is 1.96 bits per heavy atom. The van der Waals surface area contributed by atoms with E-state index in [-0.39, 0.29) is 23.6 Å². The smallest absolute Gasteiger partial charge is 0.308 e. The molecule has 1 aromatic heterocycles. The molecule has 1 aromatic carbocycles. The monoisotopic (exact) mass is 397 g/mol. The highest BCUT2D eigenvalue weighted by Gasteiger charge is 2.19. The summed E-state index contributed by atoms with van der Waals surface area (Å²) in [5, 5.41) is 1.74. The van der Waals surface area contributed by atoms with E-state index >= 15 is 0 Å². The summed E-state index contributed by atoms with van der Waals surface area (Å²) in [4.78, 5) is 35.5. The summed E-state index contributed by atoms with van der Waals surface area (Å²) in [5.74, 6) is -0.754. The number of hydrogen-bond acceptors (Lipinski definition) is 5. The van der Waals surface area contributed by atoms with Gasteiger partial charge in [0.1, 0.15) is 0 Å². The van der Waals surface area contributed by atoms with Crippen LogP contribution in [0.2, 0.25) is 0 Å². The molecule has 1 heterocycles. The fraction of sp³-hybridized carbons (Fsp3) is 0.312. The van der Waals surface area contributed by atoms with Crippen LogP contribution in [0.1, 0.15) is 29.4 Å². The van der Waals surface area contributed by atoms with Gasteiger partial charge in [0.25, 0.3) is 0 Å². The minimum absolute atomic E-state index is 0.0510. The van der Waals surface area contributed by atoms with Crippen LogP contribution in [0.5, 0.6) is 0 Å². The fourth-order valence-corrected chi connectivity index (χ4v) is 3.06. The third kappa shape index (κ3) is 4.62. The zero-order valence-corrected chi connectivity index (χ0v) is 15.1. The second-order valence-corrected chi connectivity index (χ2v) is 6.78. The number of ketones is 1. The lowest BCUT2D eigenvalue weighted by Crippen LogP contribution is -2.26. The highest BCUT2D eigenvalue weighted by atomic mass is 79.9. The van der Waals surface area contributed by atoms with Crippen molar-refractivity contribution in [3.63, 3.8) is 0 Å². The quantitative estimate of drug-likeness (QED) is 0.554. The van der Waals surface area contributed by atoms with Crippen LogP contribution in [0.4, 0.5) is 0 Å². The van der Waals surface area contributed by atoms with E-state index < -0.39 is 12.1 Å². The molecule has 0 bridgehead atoms. The van der Waals surface area contributed by atoms with E-state index in [4.69, 9.17) is 4.74 Å². The largest absolute Gasteiger partial charge is 0.454 e. The zero-order chi connectivity index (χ0) is 17.0. The number of carbonyl (C=O) groups excluding carboxylic acids is 2. The maximum Gasteiger partial charge on any atom is 0.308 e. The van der Waals surface area contributed by atoms with Crippen LogP contribution < -0.4 is 4.87 Å². The lowest BCUT2D eigenvalue weighted by atomic mass is 10.1. The first-order valence-corrected chi connectivity index (χ1v) is 8.70. The van der Waals surface area contributed by atoms with Gasteiger partial charge >= 0.3 is 10.8 Å². The van der Waals surface area contributed by atoms with Crippen LogP contribution >= 0.6 is 27.3 Å². The Kier molecular flexibility index (Phi) is 5.90. The number of rotatable bonds is 6. The van der Waals surface area contributed by atoms with Gasteiger partial charge < -0.3 is 9.30 Å². The highest BCUT2D eigenvalue weighted by molar-refractivity contribution is 9.10. The molecule has 0 radical (unpaired) electrons. The number of aryl methyl sites for hydroxylation is 1. The first-order chi connectivity index (χ1) is 10.9. The number of hydrogen-bond donors (Lipinski definition) is 0. The van der Waals surface area contributed by atoms with Gasteiger partial charge in [0.2, 0.25) is 5.78 Å². The molecule has 2 rings (SSSR count). The van der Waals surface area contributed by atoms with Crippen molar-refractivity contribution in [1.29, 1.82) is 0 Å². The van der Waals surface area contributed by atoms with Gasteiger partial charge in [0.15, 0.2) is 6.10 Å². The highest BCUT2D eigenvalue weighted by Crippen LogP contribution is 2.13. The van der Waals surface area contributed by atoms with E-state index in [1.165, 1.54) is 4.57 Å². The Morgan fingerprint density at radius 3 is 2.52 bits per heavy atom. The number of nitrogens with zero attached hydrogens (tertiary/aromatic N) is 1. The second kappa shape index (κ2) is 7.70. The zero-order valence-electron chi connectivity index (χ0n) is 12.7. The minimum Gasteiger partial charge on any atom is -0.454 e. The van der Waals surface area contributed by atoms with Crippen LogP contribution in [0.15, 0.2) is 38.9 Å². The number of aromatic nitrogens is 1. The Labute approximate surface area is 146 Å². The molecule has 0 fully saturated rings. The number of benzene rings is 1. The molecule has 0 aliphatic carbocycles. The summed E-state index contributed by atoms with van der Waals surface area (Å²) in [6, 6.07) is 6.86. The van der Waals surface area contributed by atoms with Gasteiger partial charge in [0.05, 0.1) is 6.42 Å². The third-order valence-corrected chi connectivity index (χ3v) is 4.73. The summed E-state index contributed by atoms with van der Waals surface area (Å²) < 4.78 is 7.55. The predicted molar refractivity (Wildman–Crippen MR) is 92.0 cm³/mol. The Hall–Kier alpha value is -1.73. The van der Waals surface area contributed by atoms with Crippen LogP contribution in [0.25, 0.3) is 0 Å². The van der Waals surface area contributed by atoms with Gasteiger partial charge in [-0.15, -0.1) is 0 Å². The molecular formula is C16H16BrNO4S. The molecular weight excluding hydrogens is 382 g/mol. The summed E-state index contributed by atoms with van der Waals surface area (Å²) in [6.07, 6.45) is -0.806. The van der Waals surface area contributed by atoms with Crippen LogP contribution in [-0.2, 0) is 16.1 Å². The van der Waals surface area contributed by atoms with E-state index in [0.29, 0.717) is 5.56 Å². The van der Waals surface area contributed by atoms with Crippen LogP contribution in [0, 0.1) is 6.92 Å². The van der Waals surface area contributed by atoms with Crippen molar-refractivity contribution in [2.75, 3.05) is 0 Å². The van der Waals surface area contributed by atoms with Crippen molar-refractivity contribution in [3.05, 3.63) is 55.0 Å². The first kappa shape index (κ1) is 17.6. The van der Waals surface area contributed by atoms with Crippen LogP contribution in [-0.4, -0.2) is 22.4 Å². The SMILES string of the molecule is Cc1csc(=O)n1CCC(=O)O[C@H](C)C(=O)c1ccc(Br)cc1. The van der Waals surface area contributed by atoms with E-state index in [0.717, 1.165) is 21.5 Å². The molecule has 5 nitrogen and oxygen atoms in total. The molecule has 0 spiro atoms. The normalized spacial score (nSPS) is 12.0. The van der Waals surface area contributed by atoms with E-state index in [9.17, 15) is 14.4 Å². The van der Waals surface area contributed by atoms with Gasteiger partial charge in [-0.25, -0.2) is 0 Å². The Bertz CT molecular complexity index is 763. The summed E-state index contributed by atoms with van der Waals surface area (Å²) in [6.45, 7) is 3.61. The van der Waals surface area contributed by atoms with Crippen LogP contribution in [0.3, 0.4) is 0 Å². The minimum atomic E-state index is -0.857. The average Bonchev–Trinajstić information content (AvgIpc) is 2.84. The first-order valence-electron chi connectivity index (χ1n) is 7.02. The summed E-state index contributed by atoms with van der Waals surface area (Å²) in [5.41, 5.74) is 1.30. The third-order valence-electron chi connectivity index (χ3n) is 3.32. The van der Waals surface area contributed by atoms with Gasteiger partial charge in [-0.1, -0.05) is 39.4 Å². The van der Waals surface area contributed by atoms with Gasteiger partial charge in [0, 0.05) is 27.7 Å². The summed E-state index contributed by atoms with van der Waals surface area (Å²) >= 11 is 4.40. The topological polar surface area (TPSA) is 65.4 Å². The lowest BCUT2D eigenvalue weighted by Gasteiger charge is -2.12. The van der Waals surface area contributed by atoms with E-state index in [1.54, 1.807) is 36.6 Å². The molecule has 0 aliphatic rings. The Balaban J connectivity index is 1.90. The number of ether oxygens (including phenoxy) is 1. The predicted octanol–water partition coefficient (Wildman–Crippen LogP) is 3.19. The maximum atomic E-state index is 12.2. The molecule has 0 unspecified atom stereocenters. The van der Waals surface area contributed by atoms with Gasteiger partial charge in [-0.05, 0) is 26.0 Å². The number of halogens is 1. The number of esters is 1. The van der Waals surface area contributed by atoms with Crippen molar-refractivity contribution in [1.82, 2.24) is 4.57 Å². The van der Waals surface area contributed by atoms with E-state index in [2.05, 4.69) is 15.9 Å². The maximum absolute atomic E-state index is 12.2. The number of carbonyl (C=O) groups is 2. The van der Waals surface area contributed by atoms with Crippen molar-refractivity contribution in [3.8, 4) is 0 Å². The van der Waals surface area contributed by atoms with Crippen molar-refractivity contribution >= 4 is 39.0 Å². The molecule has 2 aromatic rings.